The highest BCUT2D eigenvalue weighted by Gasteiger charge is 2.30. The van der Waals surface area contributed by atoms with E-state index in [1.807, 2.05) is 60.7 Å². The van der Waals surface area contributed by atoms with Crippen LogP contribution in [0.15, 0.2) is 72.8 Å². The fraction of sp³-hybridized carbons (Fsp3) is 0.0909. The van der Waals surface area contributed by atoms with Crippen molar-refractivity contribution >= 4 is 18.2 Å². The lowest BCUT2D eigenvalue weighted by molar-refractivity contribution is -0.105. The Balaban J connectivity index is 1.44. The first-order valence-corrected chi connectivity index (χ1v) is 8.68. The molecule has 0 saturated heterocycles. The van der Waals surface area contributed by atoms with Gasteiger partial charge in [0.25, 0.3) is 0 Å². The molecule has 0 atom stereocenters. The third-order valence-electron chi connectivity index (χ3n) is 4.62. The Labute approximate surface area is 157 Å². The highest BCUT2D eigenvalue weighted by molar-refractivity contribution is 5.79. The van der Waals surface area contributed by atoms with Crippen LogP contribution in [0.2, 0.25) is 0 Å². The van der Waals surface area contributed by atoms with Gasteiger partial charge < -0.3 is 15.4 Å². The third-order valence-corrected chi connectivity index (χ3v) is 4.62. The van der Waals surface area contributed by atoms with Gasteiger partial charge in [0.1, 0.15) is 0 Å². The second kappa shape index (κ2) is 7.33. The Morgan fingerprint density at radius 1 is 0.889 bits per heavy atom. The maximum Gasteiger partial charge on any atom is 0.408 e. The number of rotatable bonds is 5. The summed E-state index contributed by atoms with van der Waals surface area (Å²) in [6.07, 6.45) is -0.250. The molecule has 0 unspecified atom stereocenters. The van der Waals surface area contributed by atoms with Gasteiger partial charge in [-0.05, 0) is 28.8 Å². The van der Waals surface area contributed by atoms with Crippen LogP contribution in [0.25, 0.3) is 11.1 Å². The Bertz CT molecular complexity index is 937. The van der Waals surface area contributed by atoms with E-state index in [2.05, 4.69) is 10.6 Å². The van der Waals surface area contributed by atoms with E-state index in [9.17, 15) is 9.59 Å². The van der Waals surface area contributed by atoms with Gasteiger partial charge in [-0.2, -0.15) is 0 Å². The molecule has 4 rings (SSSR count). The van der Waals surface area contributed by atoms with Crippen LogP contribution < -0.4 is 10.6 Å². The van der Waals surface area contributed by atoms with Gasteiger partial charge >= 0.3 is 6.09 Å². The number of nitrogens with one attached hydrogen (secondary N) is 2. The molecule has 1 aliphatic rings. The van der Waals surface area contributed by atoms with Crippen molar-refractivity contribution in [2.24, 2.45) is 0 Å². The lowest BCUT2D eigenvalue weighted by atomic mass is 10.1. The van der Waals surface area contributed by atoms with Gasteiger partial charge in [0.2, 0.25) is 6.41 Å². The quantitative estimate of drug-likeness (QED) is 0.670. The fourth-order valence-corrected chi connectivity index (χ4v) is 3.35. The highest BCUT2D eigenvalue weighted by Crippen LogP contribution is 2.44. The molecule has 2 amide bonds. The smallest absolute Gasteiger partial charge is 0.408 e. The van der Waals surface area contributed by atoms with E-state index in [-0.39, 0.29) is 0 Å². The third kappa shape index (κ3) is 3.40. The van der Waals surface area contributed by atoms with E-state index >= 15 is 0 Å². The zero-order valence-electron chi connectivity index (χ0n) is 14.5. The van der Waals surface area contributed by atoms with Gasteiger partial charge in [-0.3, -0.25) is 4.79 Å². The molecule has 2 N–H and O–H groups in total. The largest absolute Gasteiger partial charge is 0.436 e. The van der Waals surface area contributed by atoms with Crippen molar-refractivity contribution in [3.8, 4) is 11.1 Å². The number of hydrogen-bond donors (Lipinski definition) is 2. The molecule has 0 aromatic heterocycles. The van der Waals surface area contributed by atoms with E-state index in [1.54, 1.807) is 12.1 Å². The molecule has 0 fully saturated rings. The number of fused-ring (bicyclic) bond motifs is 3. The number of carbonyl (C=O) groups excluding carboxylic acids is 2. The van der Waals surface area contributed by atoms with Crippen LogP contribution in [0, 0.1) is 0 Å². The molecule has 5 heteroatoms. The van der Waals surface area contributed by atoms with Crippen molar-refractivity contribution in [1.82, 2.24) is 5.32 Å². The van der Waals surface area contributed by atoms with Gasteiger partial charge in [0.05, 0.1) is 0 Å². The molecule has 3 aromatic rings. The molecule has 0 spiro atoms. The van der Waals surface area contributed by atoms with Gasteiger partial charge in [0.15, 0.2) is 6.10 Å². The van der Waals surface area contributed by atoms with Gasteiger partial charge in [-0.1, -0.05) is 60.7 Å². The summed E-state index contributed by atoms with van der Waals surface area (Å²) in [5.74, 6) is 0. The summed E-state index contributed by atoms with van der Waals surface area (Å²) < 4.78 is 5.74. The van der Waals surface area contributed by atoms with E-state index in [0.29, 0.717) is 18.6 Å². The van der Waals surface area contributed by atoms with Crippen LogP contribution in [0.1, 0.15) is 22.8 Å². The average Bonchev–Trinajstić information content (AvgIpc) is 3.02. The Hall–Kier alpha value is -3.60. The summed E-state index contributed by atoms with van der Waals surface area (Å²) in [5, 5.41) is 5.36. The maximum atomic E-state index is 12.4. The minimum atomic E-state index is -0.471. The summed E-state index contributed by atoms with van der Waals surface area (Å²) in [4.78, 5) is 22.8. The normalized spacial score (nSPS) is 12.0. The fourth-order valence-electron chi connectivity index (χ4n) is 3.35. The predicted molar refractivity (Wildman–Crippen MR) is 103 cm³/mol. The minimum absolute atomic E-state index is 0.343. The molecule has 0 bridgehead atoms. The van der Waals surface area contributed by atoms with E-state index in [0.717, 1.165) is 27.8 Å². The molecule has 0 aliphatic heterocycles. The molecular formula is C22H18N2O3. The Kier molecular flexibility index (Phi) is 4.58. The molecule has 0 heterocycles. The average molecular weight is 358 g/mol. The number of hydrogen-bond acceptors (Lipinski definition) is 3. The lowest BCUT2D eigenvalue weighted by Crippen LogP contribution is -2.25. The SMILES string of the molecule is O=CNc1ccc(CNC(=O)OC2c3ccccc3-c3ccccc32)cc1. The Morgan fingerprint density at radius 3 is 2.07 bits per heavy atom. The number of anilines is 1. The standard InChI is InChI=1S/C22H18N2O3/c25-14-24-16-11-9-15(10-12-16)13-23-22(26)27-21-19-7-3-1-5-17(19)18-6-2-4-8-20(18)21/h1-12,14,21H,13H2,(H,23,26)(H,24,25). The van der Waals surface area contributed by atoms with Crippen molar-refractivity contribution in [1.29, 1.82) is 0 Å². The molecule has 3 aromatic carbocycles. The van der Waals surface area contributed by atoms with E-state index in [4.69, 9.17) is 4.74 Å². The van der Waals surface area contributed by atoms with E-state index in [1.165, 1.54) is 0 Å². The second-order valence-electron chi connectivity index (χ2n) is 6.27. The van der Waals surface area contributed by atoms with Gasteiger partial charge in [-0.25, -0.2) is 4.79 Å². The topological polar surface area (TPSA) is 67.4 Å². The van der Waals surface area contributed by atoms with Crippen molar-refractivity contribution in [2.45, 2.75) is 12.6 Å². The molecule has 27 heavy (non-hydrogen) atoms. The number of benzene rings is 3. The van der Waals surface area contributed by atoms with Crippen molar-refractivity contribution in [2.75, 3.05) is 5.32 Å². The van der Waals surface area contributed by atoms with Crippen molar-refractivity contribution < 1.29 is 14.3 Å². The molecule has 134 valence electrons. The molecule has 5 nitrogen and oxygen atoms in total. The summed E-state index contributed by atoms with van der Waals surface area (Å²) in [5.41, 5.74) is 5.82. The second-order valence-corrected chi connectivity index (χ2v) is 6.27. The first-order chi connectivity index (χ1) is 13.3. The summed E-state index contributed by atoms with van der Waals surface area (Å²) in [6.45, 7) is 0.343. The van der Waals surface area contributed by atoms with Crippen molar-refractivity contribution in [3.63, 3.8) is 0 Å². The van der Waals surface area contributed by atoms with Crippen LogP contribution in [-0.4, -0.2) is 12.5 Å². The molecule has 0 radical (unpaired) electrons. The number of carbonyl (C=O) groups is 2. The van der Waals surface area contributed by atoms with Crippen LogP contribution in [0.3, 0.4) is 0 Å². The number of amides is 2. The molecule has 1 aliphatic carbocycles. The summed E-state index contributed by atoms with van der Waals surface area (Å²) in [6, 6.07) is 23.2. The predicted octanol–water partition coefficient (Wildman–Crippen LogP) is 4.25. The Morgan fingerprint density at radius 2 is 1.48 bits per heavy atom. The molecular weight excluding hydrogens is 340 g/mol. The summed E-state index contributed by atoms with van der Waals surface area (Å²) in [7, 11) is 0. The monoisotopic (exact) mass is 358 g/mol. The number of ether oxygens (including phenoxy) is 1. The van der Waals surface area contributed by atoms with Gasteiger partial charge in [-0.15, -0.1) is 0 Å². The van der Waals surface area contributed by atoms with Crippen LogP contribution >= 0.6 is 0 Å². The maximum absolute atomic E-state index is 12.4. The first-order valence-electron chi connectivity index (χ1n) is 8.68. The van der Waals surface area contributed by atoms with Crippen LogP contribution in [0.4, 0.5) is 10.5 Å². The minimum Gasteiger partial charge on any atom is -0.436 e. The number of alkyl carbamates (subject to hydrolysis) is 1. The first kappa shape index (κ1) is 16.8. The zero-order chi connectivity index (χ0) is 18.6. The summed E-state index contributed by atoms with van der Waals surface area (Å²) >= 11 is 0. The van der Waals surface area contributed by atoms with Gasteiger partial charge in [0, 0.05) is 23.4 Å². The van der Waals surface area contributed by atoms with E-state index < -0.39 is 12.2 Å². The lowest BCUT2D eigenvalue weighted by Gasteiger charge is -2.15. The zero-order valence-corrected chi connectivity index (χ0v) is 14.5. The highest BCUT2D eigenvalue weighted by atomic mass is 16.6. The van der Waals surface area contributed by atoms with Crippen LogP contribution in [0.5, 0.6) is 0 Å². The van der Waals surface area contributed by atoms with Crippen LogP contribution in [-0.2, 0) is 16.1 Å². The molecule has 0 saturated carbocycles. The van der Waals surface area contributed by atoms with Crippen molar-refractivity contribution in [3.05, 3.63) is 89.5 Å².